The highest BCUT2D eigenvalue weighted by molar-refractivity contribution is 5.97. The fourth-order valence-corrected chi connectivity index (χ4v) is 3.09. The molecule has 2 aromatic carbocycles. The second kappa shape index (κ2) is 7.99. The van der Waals surface area contributed by atoms with E-state index >= 15 is 0 Å². The average Bonchev–Trinajstić information content (AvgIpc) is 2.66. The Morgan fingerprint density at radius 3 is 2.74 bits per heavy atom. The highest BCUT2D eigenvalue weighted by atomic mass is 19.1. The van der Waals surface area contributed by atoms with Crippen LogP contribution in [0.5, 0.6) is 0 Å². The Labute approximate surface area is 155 Å². The summed E-state index contributed by atoms with van der Waals surface area (Å²) in [4.78, 5) is 36.8. The van der Waals surface area contributed by atoms with Crippen LogP contribution in [0, 0.1) is 5.82 Å². The quantitative estimate of drug-likeness (QED) is 0.818. The van der Waals surface area contributed by atoms with Crippen LogP contribution in [0.3, 0.4) is 0 Å². The molecule has 3 rings (SSSR count). The van der Waals surface area contributed by atoms with Crippen LogP contribution in [0.2, 0.25) is 0 Å². The van der Waals surface area contributed by atoms with E-state index in [1.165, 1.54) is 29.2 Å². The van der Waals surface area contributed by atoms with Crippen molar-refractivity contribution in [2.24, 2.45) is 0 Å². The smallest absolute Gasteiger partial charge is 0.335 e. The third-order valence-corrected chi connectivity index (χ3v) is 4.47. The first kappa shape index (κ1) is 18.6. The number of halogens is 1. The van der Waals surface area contributed by atoms with Gasteiger partial charge in [0, 0.05) is 31.6 Å². The Balaban J connectivity index is 1.57. The lowest BCUT2D eigenvalue weighted by molar-refractivity contribution is -0.121. The number of hydrogen-bond donors (Lipinski definition) is 2. The standard InChI is InChI=1S/C20H19FN2O4/c21-16-5-6-17-14(11-16)4-7-19(25)23(17)9-8-18(24)22-12-13-2-1-3-15(10-13)20(26)27/h1-3,5-6,10-11H,4,7-9,12H2,(H,22,24)(H,26,27). The molecule has 0 atom stereocenters. The number of aryl methyl sites for hydroxylation is 1. The van der Waals surface area contributed by atoms with E-state index in [4.69, 9.17) is 5.11 Å². The number of aromatic carboxylic acids is 1. The van der Waals surface area contributed by atoms with E-state index in [2.05, 4.69) is 5.32 Å². The minimum Gasteiger partial charge on any atom is -0.478 e. The second-order valence-electron chi connectivity index (χ2n) is 6.35. The average molecular weight is 370 g/mol. The Kier molecular flexibility index (Phi) is 5.49. The largest absolute Gasteiger partial charge is 0.478 e. The lowest BCUT2D eigenvalue weighted by atomic mass is 10.0. The molecule has 2 aromatic rings. The van der Waals surface area contributed by atoms with Gasteiger partial charge in [0.1, 0.15) is 5.82 Å². The number of nitrogens with one attached hydrogen (secondary N) is 1. The van der Waals surface area contributed by atoms with E-state index in [0.29, 0.717) is 24.1 Å². The summed E-state index contributed by atoms with van der Waals surface area (Å²) in [5, 5.41) is 11.7. The van der Waals surface area contributed by atoms with E-state index in [0.717, 1.165) is 5.56 Å². The number of nitrogens with zero attached hydrogens (tertiary/aromatic N) is 1. The maximum atomic E-state index is 13.4. The monoisotopic (exact) mass is 370 g/mol. The number of carboxylic acids is 1. The van der Waals surface area contributed by atoms with Gasteiger partial charge in [-0.05, 0) is 47.9 Å². The molecule has 0 fully saturated rings. The zero-order valence-electron chi connectivity index (χ0n) is 14.6. The molecule has 0 aromatic heterocycles. The van der Waals surface area contributed by atoms with Crippen LogP contribution in [0.4, 0.5) is 10.1 Å². The van der Waals surface area contributed by atoms with Gasteiger partial charge in [0.2, 0.25) is 11.8 Å². The molecule has 0 saturated heterocycles. The summed E-state index contributed by atoms with van der Waals surface area (Å²) >= 11 is 0. The molecule has 1 aliphatic rings. The fraction of sp³-hybridized carbons (Fsp3) is 0.250. The molecule has 1 heterocycles. The van der Waals surface area contributed by atoms with E-state index in [1.54, 1.807) is 18.2 Å². The van der Waals surface area contributed by atoms with Crippen molar-refractivity contribution in [3.8, 4) is 0 Å². The highest BCUT2D eigenvalue weighted by Crippen LogP contribution is 2.28. The molecule has 0 aliphatic carbocycles. The first-order chi connectivity index (χ1) is 12.9. The van der Waals surface area contributed by atoms with Gasteiger partial charge in [0.15, 0.2) is 0 Å². The third kappa shape index (κ3) is 4.49. The van der Waals surface area contributed by atoms with E-state index in [9.17, 15) is 18.8 Å². The molecular weight excluding hydrogens is 351 g/mol. The Hall–Kier alpha value is -3.22. The van der Waals surface area contributed by atoms with Crippen LogP contribution in [0.25, 0.3) is 0 Å². The van der Waals surface area contributed by atoms with Gasteiger partial charge in [-0.25, -0.2) is 9.18 Å². The molecule has 0 unspecified atom stereocenters. The van der Waals surface area contributed by atoms with Gasteiger partial charge in [-0.15, -0.1) is 0 Å². The maximum Gasteiger partial charge on any atom is 0.335 e. The van der Waals surface area contributed by atoms with Gasteiger partial charge in [0.25, 0.3) is 0 Å². The lowest BCUT2D eigenvalue weighted by Crippen LogP contribution is -2.38. The van der Waals surface area contributed by atoms with Gasteiger partial charge in [-0.3, -0.25) is 9.59 Å². The van der Waals surface area contributed by atoms with Crippen molar-refractivity contribution in [2.45, 2.75) is 25.8 Å². The topological polar surface area (TPSA) is 86.7 Å². The first-order valence-electron chi connectivity index (χ1n) is 8.62. The van der Waals surface area contributed by atoms with E-state index in [-0.39, 0.29) is 42.7 Å². The SMILES string of the molecule is O=C(CCN1C(=O)CCc2cc(F)ccc21)NCc1cccc(C(=O)O)c1. The summed E-state index contributed by atoms with van der Waals surface area (Å²) in [6.07, 6.45) is 0.885. The van der Waals surface area contributed by atoms with Gasteiger partial charge < -0.3 is 15.3 Å². The molecule has 27 heavy (non-hydrogen) atoms. The number of hydrogen-bond acceptors (Lipinski definition) is 3. The zero-order chi connectivity index (χ0) is 19.4. The van der Waals surface area contributed by atoms with Crippen LogP contribution in [-0.2, 0) is 22.6 Å². The number of fused-ring (bicyclic) bond motifs is 1. The fourth-order valence-electron chi connectivity index (χ4n) is 3.09. The maximum absolute atomic E-state index is 13.4. The summed E-state index contributed by atoms with van der Waals surface area (Å²) in [6, 6.07) is 10.6. The zero-order valence-corrected chi connectivity index (χ0v) is 14.6. The van der Waals surface area contributed by atoms with Crippen LogP contribution in [-0.4, -0.2) is 29.4 Å². The molecule has 1 aliphatic heterocycles. The van der Waals surface area contributed by atoms with Crippen LogP contribution < -0.4 is 10.2 Å². The molecule has 2 amide bonds. The number of benzene rings is 2. The van der Waals surface area contributed by atoms with Gasteiger partial charge in [0.05, 0.1) is 5.56 Å². The Morgan fingerprint density at radius 2 is 1.96 bits per heavy atom. The molecule has 7 heteroatoms. The highest BCUT2D eigenvalue weighted by Gasteiger charge is 2.24. The normalized spacial score (nSPS) is 13.2. The molecular formula is C20H19FN2O4. The summed E-state index contributed by atoms with van der Waals surface area (Å²) in [6.45, 7) is 0.411. The predicted octanol–water partition coefficient (Wildman–Crippen LogP) is 2.51. The minimum absolute atomic E-state index is 0.0870. The summed E-state index contributed by atoms with van der Waals surface area (Å²) in [5.74, 6) is -1.71. The van der Waals surface area contributed by atoms with Gasteiger partial charge >= 0.3 is 5.97 Å². The predicted molar refractivity (Wildman–Crippen MR) is 96.9 cm³/mol. The molecule has 0 spiro atoms. The van der Waals surface area contributed by atoms with Gasteiger partial charge in [-0.1, -0.05) is 12.1 Å². The van der Waals surface area contributed by atoms with Crippen molar-refractivity contribution in [3.05, 3.63) is 65.0 Å². The first-order valence-corrected chi connectivity index (χ1v) is 8.62. The summed E-state index contributed by atoms with van der Waals surface area (Å²) in [7, 11) is 0. The lowest BCUT2D eigenvalue weighted by Gasteiger charge is -2.29. The molecule has 0 radical (unpaired) electrons. The van der Waals surface area contributed by atoms with Crippen LogP contribution in [0.15, 0.2) is 42.5 Å². The number of carboxylic acid groups (broad SMARTS) is 1. The number of carbonyl (C=O) groups is 3. The number of anilines is 1. The third-order valence-electron chi connectivity index (χ3n) is 4.47. The van der Waals surface area contributed by atoms with E-state index < -0.39 is 5.97 Å². The molecule has 2 N–H and O–H groups in total. The summed E-state index contributed by atoms with van der Waals surface area (Å²) in [5.41, 5.74) is 2.25. The molecule has 0 saturated carbocycles. The Bertz CT molecular complexity index is 897. The Morgan fingerprint density at radius 1 is 1.15 bits per heavy atom. The van der Waals surface area contributed by atoms with Crippen molar-refractivity contribution >= 4 is 23.5 Å². The van der Waals surface area contributed by atoms with Crippen molar-refractivity contribution in [1.82, 2.24) is 5.32 Å². The van der Waals surface area contributed by atoms with Crippen LogP contribution in [0.1, 0.15) is 34.3 Å². The number of amides is 2. The molecule has 0 bridgehead atoms. The summed E-state index contributed by atoms with van der Waals surface area (Å²) < 4.78 is 13.4. The number of rotatable bonds is 6. The number of carbonyl (C=O) groups excluding carboxylic acids is 2. The minimum atomic E-state index is -1.03. The van der Waals surface area contributed by atoms with Crippen LogP contribution >= 0.6 is 0 Å². The van der Waals surface area contributed by atoms with E-state index in [1.807, 2.05) is 0 Å². The van der Waals surface area contributed by atoms with Crippen molar-refractivity contribution in [2.75, 3.05) is 11.4 Å². The second-order valence-corrected chi connectivity index (χ2v) is 6.35. The van der Waals surface area contributed by atoms with Crippen molar-refractivity contribution in [1.29, 1.82) is 0 Å². The van der Waals surface area contributed by atoms with Crippen molar-refractivity contribution in [3.63, 3.8) is 0 Å². The molecule has 6 nitrogen and oxygen atoms in total. The van der Waals surface area contributed by atoms with Gasteiger partial charge in [-0.2, -0.15) is 0 Å². The molecule has 140 valence electrons. The van der Waals surface area contributed by atoms with Crippen molar-refractivity contribution < 1.29 is 23.9 Å².